The number of nitrogens with two attached hydrogens (primary N) is 1. The number of hydrogen-bond donors (Lipinski definition) is 4. The van der Waals surface area contributed by atoms with Crippen LogP contribution in [0.3, 0.4) is 0 Å². The molecule has 0 aromatic rings. The van der Waals surface area contributed by atoms with Gasteiger partial charge in [0, 0.05) is 37.7 Å². The van der Waals surface area contributed by atoms with E-state index in [4.69, 9.17) is 11.3 Å². The fourth-order valence-corrected chi connectivity index (χ4v) is 2.69. The summed E-state index contributed by atoms with van der Waals surface area (Å²) in [6, 6.07) is 0.308. The Labute approximate surface area is 132 Å². The molecular weight excluding hydrogens is 276 g/mol. The molecule has 5 N–H and O–H groups in total. The van der Waals surface area contributed by atoms with Crippen molar-refractivity contribution in [2.75, 3.05) is 19.6 Å². The van der Waals surface area contributed by atoms with Crippen molar-refractivity contribution in [1.82, 2.24) is 20.8 Å². The van der Waals surface area contributed by atoms with Crippen molar-refractivity contribution >= 4 is 6.21 Å². The minimum Gasteiger partial charge on any atom is -0.377 e. The molecule has 120 valence electrons. The van der Waals surface area contributed by atoms with Gasteiger partial charge in [0.1, 0.15) is 0 Å². The van der Waals surface area contributed by atoms with E-state index in [-0.39, 0.29) is 6.04 Å². The van der Waals surface area contributed by atoms with Gasteiger partial charge in [-0.05, 0) is 25.0 Å². The van der Waals surface area contributed by atoms with Gasteiger partial charge in [0.15, 0.2) is 0 Å². The van der Waals surface area contributed by atoms with E-state index in [1.165, 1.54) is 6.21 Å². The maximum atomic E-state index is 7.67. The van der Waals surface area contributed by atoms with Crippen LogP contribution < -0.4 is 16.6 Å². The van der Waals surface area contributed by atoms with Crippen LogP contribution in [0.4, 0.5) is 0 Å². The zero-order chi connectivity index (χ0) is 15.9. The third-order valence-corrected chi connectivity index (χ3v) is 3.90. The van der Waals surface area contributed by atoms with Crippen LogP contribution in [0.1, 0.15) is 13.3 Å². The lowest BCUT2D eigenvalue weighted by Crippen LogP contribution is -2.41. The Bertz CT molecular complexity index is 493. The van der Waals surface area contributed by atoms with E-state index >= 15 is 0 Å². The summed E-state index contributed by atoms with van der Waals surface area (Å²) in [6.45, 7) is 8.18. The predicted octanol–water partition coefficient (Wildman–Crippen LogP) is 0.892. The smallest absolute Gasteiger partial charge is 0.0850 e. The summed E-state index contributed by atoms with van der Waals surface area (Å²) in [6.07, 6.45) is 12.1. The van der Waals surface area contributed by atoms with E-state index in [0.717, 1.165) is 37.3 Å². The van der Waals surface area contributed by atoms with Gasteiger partial charge in [0.25, 0.3) is 0 Å². The fraction of sp³-hybridized carbons (Fsp3) is 0.438. The molecule has 6 heteroatoms. The monoisotopic (exact) mass is 302 g/mol. The second-order valence-corrected chi connectivity index (χ2v) is 5.64. The number of nitrogens with zero attached hydrogens (tertiary/aromatic N) is 2. The summed E-state index contributed by atoms with van der Waals surface area (Å²) in [5, 5.41) is 15.0. The molecule has 0 aromatic carbocycles. The van der Waals surface area contributed by atoms with Gasteiger partial charge in [-0.2, -0.15) is 0 Å². The highest BCUT2D eigenvalue weighted by atomic mass is 15.6. The molecule has 2 aliphatic heterocycles. The molecule has 0 bridgehead atoms. The molecule has 0 aliphatic carbocycles. The highest BCUT2D eigenvalue weighted by Gasteiger charge is 2.28. The largest absolute Gasteiger partial charge is 0.377 e. The van der Waals surface area contributed by atoms with Crippen LogP contribution in [0.15, 0.2) is 48.4 Å². The standard InChI is InChI=1S/C16H26N6/c1-3-4-5-6-13(2)20-16(9-17)14-10-19-22(11-14)15-7-8-21(18)12-15/h3-6,9,11,15-17,19-20H,1,7-8,10,12,18H2,2H3/b5-4-,13-6+,17-9?. The van der Waals surface area contributed by atoms with Gasteiger partial charge in [0.2, 0.25) is 0 Å². The Balaban J connectivity index is 1.96. The minimum absolute atomic E-state index is 0.0961. The molecule has 6 nitrogen and oxygen atoms in total. The molecule has 2 aliphatic rings. The molecule has 22 heavy (non-hydrogen) atoms. The molecule has 2 unspecified atom stereocenters. The van der Waals surface area contributed by atoms with E-state index in [9.17, 15) is 0 Å². The van der Waals surface area contributed by atoms with Crippen molar-refractivity contribution in [2.45, 2.75) is 25.4 Å². The van der Waals surface area contributed by atoms with Crippen LogP contribution in [-0.4, -0.2) is 48.0 Å². The Kier molecular flexibility index (Phi) is 5.94. The summed E-state index contributed by atoms with van der Waals surface area (Å²) in [5.41, 5.74) is 5.55. The fourth-order valence-electron chi connectivity index (χ4n) is 2.69. The summed E-state index contributed by atoms with van der Waals surface area (Å²) < 4.78 is 0. The number of nitrogens with one attached hydrogen (secondary N) is 3. The molecule has 0 radical (unpaired) electrons. The first-order valence-electron chi connectivity index (χ1n) is 7.59. The van der Waals surface area contributed by atoms with E-state index in [2.05, 4.69) is 28.5 Å². The Hall–Kier alpha value is -1.89. The molecule has 1 fully saturated rings. The lowest BCUT2D eigenvalue weighted by molar-refractivity contribution is 0.215. The van der Waals surface area contributed by atoms with Crippen LogP contribution >= 0.6 is 0 Å². The second-order valence-electron chi connectivity index (χ2n) is 5.64. The normalized spacial score (nSPS) is 24.6. The molecule has 0 spiro atoms. The molecule has 1 saturated heterocycles. The second kappa shape index (κ2) is 7.93. The summed E-state index contributed by atoms with van der Waals surface area (Å²) in [4.78, 5) is 0. The van der Waals surface area contributed by atoms with Crippen LogP contribution in [0.2, 0.25) is 0 Å². The maximum Gasteiger partial charge on any atom is 0.0850 e. The molecule has 0 amide bonds. The SMILES string of the molecule is C=C/C=C\C=C(/C)NC(C=N)C1=CN(C2CCN(N)C2)NC1. The van der Waals surface area contributed by atoms with Gasteiger partial charge in [-0.15, -0.1) is 0 Å². The van der Waals surface area contributed by atoms with Crippen molar-refractivity contribution in [2.24, 2.45) is 5.84 Å². The number of hydrogen-bond acceptors (Lipinski definition) is 6. The highest BCUT2D eigenvalue weighted by molar-refractivity contribution is 5.67. The van der Waals surface area contributed by atoms with Gasteiger partial charge in [0.05, 0.1) is 12.1 Å². The Morgan fingerprint density at radius 1 is 1.59 bits per heavy atom. The number of allylic oxidation sites excluding steroid dienone is 5. The van der Waals surface area contributed by atoms with Crippen molar-refractivity contribution in [1.29, 1.82) is 5.41 Å². The van der Waals surface area contributed by atoms with Crippen molar-refractivity contribution in [3.05, 3.63) is 48.4 Å². The van der Waals surface area contributed by atoms with Crippen LogP contribution in [0.5, 0.6) is 0 Å². The van der Waals surface area contributed by atoms with Gasteiger partial charge in [-0.25, -0.2) is 10.4 Å². The lowest BCUT2D eigenvalue weighted by Gasteiger charge is -2.23. The van der Waals surface area contributed by atoms with Crippen molar-refractivity contribution < 1.29 is 0 Å². The minimum atomic E-state index is -0.0961. The molecule has 0 saturated carbocycles. The summed E-state index contributed by atoms with van der Waals surface area (Å²) >= 11 is 0. The quantitative estimate of drug-likeness (QED) is 0.319. The van der Waals surface area contributed by atoms with E-state index in [1.54, 1.807) is 6.08 Å². The predicted molar refractivity (Wildman–Crippen MR) is 90.9 cm³/mol. The van der Waals surface area contributed by atoms with Gasteiger partial charge < -0.3 is 15.7 Å². The molecule has 2 heterocycles. The third-order valence-electron chi connectivity index (χ3n) is 3.90. The first-order valence-corrected chi connectivity index (χ1v) is 7.59. The Morgan fingerprint density at radius 3 is 3.05 bits per heavy atom. The average Bonchev–Trinajstić information content (AvgIpc) is 3.14. The molecule has 2 rings (SSSR count). The van der Waals surface area contributed by atoms with Crippen LogP contribution in [-0.2, 0) is 0 Å². The van der Waals surface area contributed by atoms with Gasteiger partial charge in [-0.3, -0.25) is 5.84 Å². The van der Waals surface area contributed by atoms with E-state index < -0.39 is 0 Å². The van der Waals surface area contributed by atoms with Gasteiger partial charge in [-0.1, -0.05) is 24.8 Å². The summed E-state index contributed by atoms with van der Waals surface area (Å²) in [7, 11) is 0. The van der Waals surface area contributed by atoms with Crippen molar-refractivity contribution in [3.8, 4) is 0 Å². The first-order chi connectivity index (χ1) is 10.6. The molecule has 2 atom stereocenters. The zero-order valence-corrected chi connectivity index (χ0v) is 13.1. The number of hydrazine groups is 2. The lowest BCUT2D eigenvalue weighted by atomic mass is 10.1. The first kappa shape index (κ1) is 16.5. The maximum absolute atomic E-state index is 7.67. The molecule has 0 aromatic heterocycles. The number of rotatable bonds is 7. The highest BCUT2D eigenvalue weighted by Crippen LogP contribution is 2.17. The summed E-state index contributed by atoms with van der Waals surface area (Å²) in [5.74, 6) is 5.83. The van der Waals surface area contributed by atoms with Crippen molar-refractivity contribution in [3.63, 3.8) is 0 Å². The topological polar surface area (TPSA) is 80.4 Å². The average molecular weight is 302 g/mol. The van der Waals surface area contributed by atoms with Gasteiger partial charge >= 0.3 is 0 Å². The molecular formula is C16H26N6. The Morgan fingerprint density at radius 2 is 2.41 bits per heavy atom. The third kappa shape index (κ3) is 4.30. The van der Waals surface area contributed by atoms with E-state index in [0.29, 0.717) is 6.04 Å². The zero-order valence-electron chi connectivity index (χ0n) is 13.1. The van der Waals surface area contributed by atoms with Crippen LogP contribution in [0.25, 0.3) is 0 Å². The van der Waals surface area contributed by atoms with E-state index in [1.807, 2.05) is 30.2 Å². The van der Waals surface area contributed by atoms with Crippen LogP contribution in [0, 0.1) is 5.41 Å².